The summed E-state index contributed by atoms with van der Waals surface area (Å²) in [7, 11) is 1.61. The van der Waals surface area contributed by atoms with Crippen LogP contribution in [0.25, 0.3) is 0 Å². The lowest BCUT2D eigenvalue weighted by Gasteiger charge is -2.32. The fourth-order valence-corrected chi connectivity index (χ4v) is 5.02. The Morgan fingerprint density at radius 1 is 1.32 bits per heavy atom. The van der Waals surface area contributed by atoms with Crippen molar-refractivity contribution < 1.29 is 14.3 Å². The minimum absolute atomic E-state index is 0.204. The second-order valence-corrected chi connectivity index (χ2v) is 9.04. The third kappa shape index (κ3) is 3.62. The summed E-state index contributed by atoms with van der Waals surface area (Å²) in [5, 5.41) is 2.91. The number of aromatic nitrogens is 1. The van der Waals surface area contributed by atoms with Crippen molar-refractivity contribution in [3.8, 4) is 5.75 Å². The molecule has 0 bridgehead atoms. The number of rotatable bonds is 5. The smallest absolute Gasteiger partial charge is 0.255 e. The Balaban J connectivity index is 1.27. The van der Waals surface area contributed by atoms with Gasteiger partial charge in [0.25, 0.3) is 5.91 Å². The van der Waals surface area contributed by atoms with Crippen LogP contribution in [0, 0.1) is 11.3 Å². The topological polar surface area (TPSA) is 97.5 Å². The molecule has 1 aromatic heterocycles. The highest BCUT2D eigenvalue weighted by atomic mass is 16.5. The zero-order valence-corrected chi connectivity index (χ0v) is 17.8. The average molecular weight is 421 g/mol. The second kappa shape index (κ2) is 7.55. The predicted molar refractivity (Wildman–Crippen MR) is 116 cm³/mol. The molecule has 7 nitrogen and oxygen atoms in total. The van der Waals surface area contributed by atoms with Crippen molar-refractivity contribution in [2.75, 3.05) is 19.4 Å². The lowest BCUT2D eigenvalue weighted by Crippen LogP contribution is -2.39. The van der Waals surface area contributed by atoms with Gasteiger partial charge in [-0.15, -0.1) is 0 Å². The van der Waals surface area contributed by atoms with Crippen molar-refractivity contribution in [1.82, 2.24) is 15.2 Å². The van der Waals surface area contributed by atoms with Gasteiger partial charge in [0.1, 0.15) is 11.6 Å². The van der Waals surface area contributed by atoms with Gasteiger partial charge in [0.2, 0.25) is 5.91 Å². The van der Waals surface area contributed by atoms with Gasteiger partial charge in [0.15, 0.2) is 0 Å². The van der Waals surface area contributed by atoms with Gasteiger partial charge in [-0.25, -0.2) is 4.98 Å². The van der Waals surface area contributed by atoms with Gasteiger partial charge in [-0.2, -0.15) is 0 Å². The summed E-state index contributed by atoms with van der Waals surface area (Å²) in [6, 6.07) is 9.36. The molecule has 1 atom stereocenters. The summed E-state index contributed by atoms with van der Waals surface area (Å²) in [6.45, 7) is 1.54. The predicted octanol–water partition coefficient (Wildman–Crippen LogP) is 2.68. The molecule has 0 saturated heterocycles. The molecule has 2 saturated carbocycles. The molecule has 1 aliphatic heterocycles. The lowest BCUT2D eigenvalue weighted by molar-refractivity contribution is -0.134. The van der Waals surface area contributed by atoms with E-state index < -0.39 is 0 Å². The van der Waals surface area contributed by atoms with Crippen molar-refractivity contribution in [3.05, 3.63) is 52.7 Å². The summed E-state index contributed by atoms with van der Waals surface area (Å²) in [5.74, 6) is 1.18. The summed E-state index contributed by atoms with van der Waals surface area (Å²) in [5.41, 5.74) is 9.52. The van der Waals surface area contributed by atoms with Crippen LogP contribution in [0.3, 0.4) is 0 Å². The minimum Gasteiger partial charge on any atom is -0.497 e. The molecular formula is C24H28N4O3. The van der Waals surface area contributed by atoms with Crippen LogP contribution in [0.4, 0.5) is 5.82 Å². The monoisotopic (exact) mass is 420 g/mol. The number of amides is 2. The van der Waals surface area contributed by atoms with Crippen molar-refractivity contribution in [1.29, 1.82) is 0 Å². The Hall–Kier alpha value is -3.09. The number of anilines is 1. The standard InChI is InChI=1S/C24H28N4O3/c1-31-17-5-2-4-15(10-17)13-26-22(29)18-11-16-14-28(9-6-20(16)27-21(18)25)23(30)19-12-24(19)7-3-8-24/h2,4-5,10-11,19H,3,6-9,12-14H2,1H3,(H2,25,27)(H,26,29). The van der Waals surface area contributed by atoms with Gasteiger partial charge < -0.3 is 20.7 Å². The quantitative estimate of drug-likeness (QED) is 0.775. The highest BCUT2D eigenvalue weighted by Crippen LogP contribution is 2.66. The number of benzene rings is 1. The molecule has 1 unspecified atom stereocenters. The molecule has 1 aromatic carbocycles. The van der Waals surface area contributed by atoms with Crippen molar-refractivity contribution in [3.63, 3.8) is 0 Å². The SMILES string of the molecule is COc1cccc(CNC(=O)c2cc3c(nc2N)CCN(C(=O)C2CC24CCC4)C3)c1. The average Bonchev–Trinajstić information content (AvgIpc) is 3.53. The third-order valence-electron chi connectivity index (χ3n) is 7.18. The molecule has 2 aliphatic carbocycles. The normalized spacial score (nSPS) is 20.5. The van der Waals surface area contributed by atoms with E-state index >= 15 is 0 Å². The Labute approximate surface area is 182 Å². The van der Waals surface area contributed by atoms with Crippen molar-refractivity contribution in [2.45, 2.75) is 45.2 Å². The zero-order chi connectivity index (χ0) is 21.6. The van der Waals surface area contributed by atoms with Gasteiger partial charge in [0.05, 0.1) is 12.7 Å². The third-order valence-corrected chi connectivity index (χ3v) is 7.18. The number of pyridine rings is 1. The maximum absolute atomic E-state index is 13.0. The highest BCUT2D eigenvalue weighted by Gasteiger charge is 2.61. The van der Waals surface area contributed by atoms with Crippen molar-refractivity contribution >= 4 is 17.6 Å². The fraction of sp³-hybridized carbons (Fsp3) is 0.458. The first-order valence-corrected chi connectivity index (χ1v) is 11.0. The Bertz CT molecular complexity index is 1050. The summed E-state index contributed by atoms with van der Waals surface area (Å²) < 4.78 is 5.23. The molecule has 2 fully saturated rings. The van der Waals surface area contributed by atoms with Crippen LogP contribution in [0.5, 0.6) is 5.75 Å². The van der Waals surface area contributed by atoms with Crippen molar-refractivity contribution in [2.24, 2.45) is 11.3 Å². The molecule has 162 valence electrons. The number of nitrogens with two attached hydrogens (primary N) is 1. The van der Waals surface area contributed by atoms with Crippen LogP contribution in [0.15, 0.2) is 30.3 Å². The highest BCUT2D eigenvalue weighted by molar-refractivity contribution is 5.98. The lowest BCUT2D eigenvalue weighted by atomic mass is 9.79. The van der Waals surface area contributed by atoms with Gasteiger partial charge >= 0.3 is 0 Å². The Morgan fingerprint density at radius 2 is 2.16 bits per heavy atom. The molecule has 2 aromatic rings. The van der Waals surface area contributed by atoms with E-state index in [1.54, 1.807) is 7.11 Å². The van der Waals surface area contributed by atoms with Crippen LogP contribution < -0.4 is 15.8 Å². The molecule has 1 spiro atoms. The molecule has 2 heterocycles. The molecule has 3 aliphatic rings. The number of nitrogens with one attached hydrogen (secondary N) is 1. The van der Waals surface area contributed by atoms with E-state index in [0.29, 0.717) is 37.0 Å². The molecule has 0 radical (unpaired) electrons. The first kappa shape index (κ1) is 19.8. The molecule has 3 N–H and O–H groups in total. The Kier molecular flexibility index (Phi) is 4.84. The van der Waals surface area contributed by atoms with Crippen LogP contribution in [0.1, 0.15) is 52.9 Å². The van der Waals surface area contributed by atoms with E-state index in [9.17, 15) is 9.59 Å². The summed E-state index contributed by atoms with van der Waals surface area (Å²) >= 11 is 0. The molecular weight excluding hydrogens is 392 g/mol. The number of hydrogen-bond acceptors (Lipinski definition) is 5. The number of hydrogen-bond donors (Lipinski definition) is 2. The maximum atomic E-state index is 13.0. The van der Waals surface area contributed by atoms with Crippen LogP contribution in [-0.4, -0.2) is 35.4 Å². The fourth-order valence-electron chi connectivity index (χ4n) is 5.02. The number of fused-ring (bicyclic) bond motifs is 1. The summed E-state index contributed by atoms with van der Waals surface area (Å²) in [4.78, 5) is 32.2. The van der Waals surface area contributed by atoms with Gasteiger partial charge in [0, 0.05) is 37.7 Å². The molecule has 2 amide bonds. The Morgan fingerprint density at radius 3 is 2.87 bits per heavy atom. The van der Waals surface area contributed by atoms with E-state index in [1.807, 2.05) is 35.2 Å². The molecule has 5 rings (SSSR count). The number of carbonyl (C=O) groups excluding carboxylic acids is 2. The van der Waals surface area contributed by atoms with E-state index in [0.717, 1.165) is 29.0 Å². The number of nitrogens with zero attached hydrogens (tertiary/aromatic N) is 2. The van der Waals surface area contributed by atoms with Gasteiger partial charge in [-0.05, 0) is 54.0 Å². The molecule has 31 heavy (non-hydrogen) atoms. The maximum Gasteiger partial charge on any atom is 0.255 e. The number of ether oxygens (including phenoxy) is 1. The van der Waals surface area contributed by atoms with E-state index in [-0.39, 0.29) is 23.6 Å². The largest absolute Gasteiger partial charge is 0.497 e. The van der Waals surface area contributed by atoms with Crippen LogP contribution >= 0.6 is 0 Å². The van der Waals surface area contributed by atoms with E-state index in [2.05, 4.69) is 10.3 Å². The molecule has 7 heteroatoms. The first-order chi connectivity index (χ1) is 15.0. The van der Waals surface area contributed by atoms with Gasteiger partial charge in [-0.1, -0.05) is 18.6 Å². The summed E-state index contributed by atoms with van der Waals surface area (Å²) in [6.07, 6.45) is 5.38. The first-order valence-electron chi connectivity index (χ1n) is 11.0. The minimum atomic E-state index is -0.269. The number of nitrogen functional groups attached to an aromatic ring is 1. The van der Waals surface area contributed by atoms with Crippen LogP contribution in [0.2, 0.25) is 0 Å². The van der Waals surface area contributed by atoms with Crippen LogP contribution in [-0.2, 0) is 24.3 Å². The second-order valence-electron chi connectivity index (χ2n) is 9.04. The number of carbonyl (C=O) groups is 2. The number of methoxy groups -OCH3 is 1. The van der Waals surface area contributed by atoms with Gasteiger partial charge in [-0.3, -0.25) is 9.59 Å². The zero-order valence-electron chi connectivity index (χ0n) is 17.8. The van der Waals surface area contributed by atoms with E-state index in [1.165, 1.54) is 19.3 Å². The van der Waals surface area contributed by atoms with E-state index in [4.69, 9.17) is 10.5 Å².